The molecule has 8 aromatic heterocycles. The maximum Gasteiger partial charge on any atom is 2.00 e. The summed E-state index contributed by atoms with van der Waals surface area (Å²) in [7, 11) is 12.7. The number of rotatable bonds is 12. The molecule has 0 aromatic carbocycles. The van der Waals surface area contributed by atoms with Gasteiger partial charge >= 0.3 is 51.2 Å². The number of nitrogens with zero attached hydrogens (tertiary/aromatic N) is 14. The van der Waals surface area contributed by atoms with E-state index < -0.39 is 30.5 Å². The minimum absolute atomic E-state index is 0. The Kier molecular flexibility index (Phi) is 51.0. The van der Waals surface area contributed by atoms with Gasteiger partial charge in [-0.3, -0.25) is 0 Å². The molecule has 0 bridgehead atoms. The summed E-state index contributed by atoms with van der Waals surface area (Å²) in [6.07, 6.45) is 0. The first-order valence-electron chi connectivity index (χ1n) is 22.7. The second-order valence-corrected chi connectivity index (χ2v) is 13.9. The molecular weight excluding hydrogens is 1380 g/mol. The Hall–Kier alpha value is -11.6. The average molecular weight is 1430 g/mol. The molecule has 0 aliphatic heterocycles. The summed E-state index contributed by atoms with van der Waals surface area (Å²) in [5.41, 5.74) is 6.10. The molecule has 0 atom stereocenters. The number of methoxy groups -OCH3 is 8. The Morgan fingerprint density at radius 3 is 0.352 bits per heavy atom. The second kappa shape index (κ2) is 52.7. The third-order valence-electron chi connectivity index (χ3n) is 8.51. The monoisotopic (exact) mass is 1430 g/mol. The van der Waals surface area contributed by atoms with Gasteiger partial charge in [-0.1, -0.05) is 48.5 Å². The largest absolute Gasteiger partial charge is 2.00 e. The van der Waals surface area contributed by atoms with Crippen molar-refractivity contribution in [2.24, 2.45) is 0 Å². The van der Waals surface area contributed by atoms with Gasteiger partial charge in [-0.05, 0) is 48.5 Å². The van der Waals surface area contributed by atoms with Gasteiger partial charge in [0, 0.05) is 48.5 Å². The van der Waals surface area contributed by atoms with Crippen LogP contribution in [-0.2, 0) is 51.2 Å². The Bertz CT molecular complexity index is 2710. The molecule has 499 valence electrons. The Labute approximate surface area is 544 Å². The van der Waals surface area contributed by atoms with E-state index in [0.29, 0.717) is 47.0 Å². The third-order valence-corrected chi connectivity index (χ3v) is 8.51. The molecule has 0 aliphatic rings. The van der Waals surface area contributed by atoms with Crippen LogP contribution >= 0.6 is 0 Å². The van der Waals surface area contributed by atoms with E-state index in [4.69, 9.17) is 130 Å². The normalized spacial score (nSPS) is 8.53. The maximum absolute atomic E-state index is 8.25. The molecule has 0 aliphatic carbocycles. The van der Waals surface area contributed by atoms with Crippen molar-refractivity contribution in [1.82, 2.24) is 39.9 Å². The summed E-state index contributed by atoms with van der Waals surface area (Å²) in [6, 6.07) is 44.4. The number of hydrogen-bond donors (Lipinski definition) is 0. The van der Waals surface area contributed by atoms with Crippen molar-refractivity contribution < 1.29 is 120 Å². The minimum atomic E-state index is -1.75. The molecule has 40 nitrogen and oxygen atoms in total. The van der Waals surface area contributed by atoms with E-state index in [2.05, 4.69) is 39.9 Å². The summed E-state index contributed by atoms with van der Waals surface area (Å²) >= 11 is 0. The smallest absolute Gasteiger partial charge is 0.481 e. The molecule has 3 radical (unpaired) electrons. The van der Waals surface area contributed by atoms with Crippen molar-refractivity contribution in [3.05, 3.63) is 238 Å². The molecule has 0 unspecified atom stereocenters. The van der Waals surface area contributed by atoms with Crippen molar-refractivity contribution in [3.8, 4) is 92.6 Å². The molecule has 0 amide bonds. The fraction of sp³-hybridized carbons (Fsp3) is 0.167. The molecule has 8 rings (SSSR count). The topological polar surface area (TPSA) is 574 Å². The predicted octanol–water partition coefficient (Wildman–Crippen LogP) is 7.20. The quantitative estimate of drug-likeness (QED) is 0.0662. The van der Waals surface area contributed by atoms with Crippen LogP contribution < -0.4 is 37.9 Å². The van der Waals surface area contributed by atoms with Gasteiger partial charge in [0.05, 0.1) is 133 Å². The van der Waals surface area contributed by atoms with E-state index in [-0.39, 0.29) is 51.2 Å². The van der Waals surface area contributed by atoms with E-state index in [1.807, 2.05) is 97.1 Å². The van der Waals surface area contributed by atoms with Gasteiger partial charge < -0.3 is 130 Å². The summed E-state index contributed by atoms with van der Waals surface area (Å²) in [6.45, 7) is 0. The van der Waals surface area contributed by atoms with Crippen molar-refractivity contribution >= 4 is 0 Å². The van der Waals surface area contributed by atoms with Crippen LogP contribution in [0.25, 0.3) is 45.6 Å². The van der Waals surface area contributed by atoms with Crippen molar-refractivity contribution in [1.29, 1.82) is 0 Å². The summed E-state index contributed by atoms with van der Waals surface area (Å²) in [5, 5.41) is 88.5. The van der Waals surface area contributed by atoms with Crippen molar-refractivity contribution in [2.75, 3.05) is 56.9 Å². The fourth-order valence-corrected chi connectivity index (χ4v) is 5.37. The molecule has 0 saturated carbocycles. The summed E-state index contributed by atoms with van der Waals surface area (Å²) < 4.78 is 40.5. The van der Waals surface area contributed by atoms with Gasteiger partial charge in [0.1, 0.15) is 0 Å². The molecule has 0 saturated heterocycles. The SMILES string of the molecule is COc1cccc(-c2cccc(OC)n2)n1.COc1cccc(-c2cccc(OC)n2)n1.COc1cccc(-c2cccc(OC)n2)n1.COc1cccc(-c2cccc(OC)n2)n1.O=[N+]([O-])[O-].O=[N+]([O-])[O-].O=[N+]([O-])[O-].O=[N+]([O-])[O-].O=[N+]([O-])[O-].O=[N+]([O-])[O-].[Cu+2].[Cu+2].[Cu+2]. The standard InChI is InChI=1S/4C12H12N2O2.3Cu.6NO3/c4*1-15-11-7-3-5-9(13-11)10-6-4-8-12(14-10)16-2;;;;6*2-1(3)4/h4*3-8H,1-2H3;;;;;;;;;/q;;;;3*+2;6*-1. The van der Waals surface area contributed by atoms with Crippen LogP contribution in [0.3, 0.4) is 0 Å². The number of aromatic nitrogens is 8. The first-order chi connectivity index (χ1) is 41.7. The van der Waals surface area contributed by atoms with Gasteiger partial charge in [0.25, 0.3) is 0 Å². The molecule has 8 aromatic rings. The van der Waals surface area contributed by atoms with Gasteiger partial charge in [-0.25, -0.2) is 39.9 Å². The van der Waals surface area contributed by atoms with E-state index >= 15 is 0 Å². The van der Waals surface area contributed by atoms with E-state index in [0.717, 1.165) is 45.6 Å². The fourth-order valence-electron chi connectivity index (χ4n) is 5.37. The zero-order valence-electron chi connectivity index (χ0n) is 47.6. The van der Waals surface area contributed by atoms with Gasteiger partial charge in [-0.2, -0.15) is 0 Å². The molecule has 91 heavy (non-hydrogen) atoms. The number of hydrogen-bond acceptors (Lipinski definition) is 34. The van der Waals surface area contributed by atoms with Gasteiger partial charge in [0.15, 0.2) is 0 Å². The maximum atomic E-state index is 8.25. The predicted molar refractivity (Wildman–Crippen MR) is 304 cm³/mol. The molecular formula is C48H48Cu3N14O26. The molecule has 0 spiro atoms. The second-order valence-electron chi connectivity index (χ2n) is 13.9. The van der Waals surface area contributed by atoms with Crippen molar-refractivity contribution in [3.63, 3.8) is 0 Å². The Morgan fingerprint density at radius 2 is 0.286 bits per heavy atom. The zero-order chi connectivity index (χ0) is 67.0. The molecule has 0 N–H and O–H groups in total. The number of ether oxygens (including phenoxy) is 8. The minimum Gasteiger partial charge on any atom is -0.481 e. The van der Waals surface area contributed by atoms with Crippen LogP contribution in [0, 0.1) is 91.9 Å². The molecule has 8 heterocycles. The van der Waals surface area contributed by atoms with Crippen LogP contribution in [0.5, 0.6) is 47.0 Å². The Balaban J connectivity index is -0.000000319. The first kappa shape index (κ1) is 88.1. The van der Waals surface area contributed by atoms with Crippen molar-refractivity contribution in [2.45, 2.75) is 0 Å². The van der Waals surface area contributed by atoms with Crippen LogP contribution in [0.15, 0.2) is 146 Å². The van der Waals surface area contributed by atoms with Crippen LogP contribution in [0.1, 0.15) is 0 Å². The molecule has 0 fully saturated rings. The van der Waals surface area contributed by atoms with E-state index in [9.17, 15) is 0 Å². The average Bonchev–Trinajstić information content (AvgIpc) is 2.05. The molecule has 43 heteroatoms. The van der Waals surface area contributed by atoms with Gasteiger partial charge in [0.2, 0.25) is 47.0 Å². The zero-order valence-corrected chi connectivity index (χ0v) is 50.5. The van der Waals surface area contributed by atoms with Gasteiger partial charge in [-0.15, -0.1) is 0 Å². The number of pyridine rings is 8. The third kappa shape index (κ3) is 45.4. The van der Waals surface area contributed by atoms with Crippen LogP contribution in [0.4, 0.5) is 0 Å². The Morgan fingerprint density at radius 1 is 0.209 bits per heavy atom. The summed E-state index contributed by atoms with van der Waals surface area (Å²) in [5.74, 6) is 4.57. The van der Waals surface area contributed by atoms with E-state index in [1.54, 1.807) is 105 Å². The summed E-state index contributed by atoms with van der Waals surface area (Å²) in [4.78, 5) is 83.9. The first-order valence-corrected chi connectivity index (χ1v) is 22.7. The van der Waals surface area contributed by atoms with Crippen LogP contribution in [0.2, 0.25) is 0 Å². The van der Waals surface area contributed by atoms with E-state index in [1.165, 1.54) is 0 Å². The van der Waals surface area contributed by atoms with Crippen LogP contribution in [-0.4, -0.2) is 127 Å².